The van der Waals surface area contributed by atoms with Crippen LogP contribution in [-0.4, -0.2) is 13.7 Å². The number of ether oxygens (including phenoxy) is 1. The van der Waals surface area contributed by atoms with E-state index in [4.69, 9.17) is 16.3 Å². The van der Waals surface area contributed by atoms with Crippen LogP contribution in [0.2, 0.25) is 5.02 Å². The molecule has 2 aromatic carbocycles. The van der Waals surface area contributed by atoms with Crippen LogP contribution in [0.1, 0.15) is 12.5 Å². The van der Waals surface area contributed by atoms with Crippen molar-refractivity contribution in [3.8, 4) is 5.75 Å². The molecule has 2 aromatic rings. The van der Waals surface area contributed by atoms with Gasteiger partial charge < -0.3 is 10.1 Å². The number of para-hydroxylation sites is 1. The second-order valence-electron chi connectivity index (χ2n) is 4.25. The fraction of sp³-hybridized carbons (Fsp3) is 0.250. The van der Waals surface area contributed by atoms with Gasteiger partial charge in [-0.3, -0.25) is 0 Å². The number of nitrogens with one attached hydrogen (secondary N) is 1. The Morgan fingerprint density at radius 2 is 1.85 bits per heavy atom. The van der Waals surface area contributed by atoms with Crippen LogP contribution in [0.25, 0.3) is 0 Å². The van der Waals surface area contributed by atoms with E-state index in [1.807, 2.05) is 30.3 Å². The summed E-state index contributed by atoms with van der Waals surface area (Å²) in [5.41, 5.74) is 1.13. The van der Waals surface area contributed by atoms with Crippen LogP contribution in [0.5, 0.6) is 5.75 Å². The molecule has 0 saturated carbocycles. The molecule has 0 heterocycles. The van der Waals surface area contributed by atoms with E-state index in [0.29, 0.717) is 0 Å². The lowest BCUT2D eigenvalue weighted by Crippen LogP contribution is -2.12. The molecular formula is C16H18ClNOS. The summed E-state index contributed by atoms with van der Waals surface area (Å²) < 4.78 is 5.40. The van der Waals surface area contributed by atoms with E-state index in [0.717, 1.165) is 39.2 Å². The zero-order chi connectivity index (χ0) is 14.4. The van der Waals surface area contributed by atoms with Gasteiger partial charge in [-0.25, -0.2) is 0 Å². The maximum atomic E-state index is 6.32. The van der Waals surface area contributed by atoms with Gasteiger partial charge in [0.25, 0.3) is 0 Å². The maximum absolute atomic E-state index is 6.32. The SMILES string of the molecule is CCNCc1c(Cl)cccc1Sc1ccccc1OC. The first kappa shape index (κ1) is 15.2. The topological polar surface area (TPSA) is 21.3 Å². The van der Waals surface area contributed by atoms with E-state index >= 15 is 0 Å². The summed E-state index contributed by atoms with van der Waals surface area (Å²) in [6.45, 7) is 3.78. The number of methoxy groups -OCH3 is 1. The van der Waals surface area contributed by atoms with Crippen molar-refractivity contribution in [2.45, 2.75) is 23.3 Å². The van der Waals surface area contributed by atoms with Crippen molar-refractivity contribution in [3.63, 3.8) is 0 Å². The standard InChI is InChI=1S/C16H18ClNOS/c1-3-18-11-12-13(17)7-6-10-15(12)20-16-9-5-4-8-14(16)19-2/h4-10,18H,3,11H2,1-2H3. The smallest absolute Gasteiger partial charge is 0.132 e. The van der Waals surface area contributed by atoms with Crippen molar-refractivity contribution in [1.29, 1.82) is 0 Å². The van der Waals surface area contributed by atoms with Crippen molar-refractivity contribution in [2.75, 3.05) is 13.7 Å². The molecule has 0 saturated heterocycles. The summed E-state index contributed by atoms with van der Waals surface area (Å²) in [7, 11) is 1.69. The normalized spacial score (nSPS) is 10.6. The van der Waals surface area contributed by atoms with Crippen LogP contribution in [-0.2, 0) is 6.54 Å². The third kappa shape index (κ3) is 3.69. The molecule has 0 spiro atoms. The van der Waals surface area contributed by atoms with Crippen molar-refractivity contribution < 1.29 is 4.74 Å². The van der Waals surface area contributed by atoms with Crippen LogP contribution >= 0.6 is 23.4 Å². The molecular weight excluding hydrogens is 290 g/mol. The molecule has 0 aliphatic heterocycles. The first-order valence-corrected chi connectivity index (χ1v) is 7.74. The third-order valence-corrected chi connectivity index (χ3v) is 4.43. The van der Waals surface area contributed by atoms with Crippen molar-refractivity contribution in [2.24, 2.45) is 0 Å². The minimum atomic E-state index is 0.771. The molecule has 1 N–H and O–H groups in total. The van der Waals surface area contributed by atoms with Crippen molar-refractivity contribution in [1.82, 2.24) is 5.32 Å². The molecule has 4 heteroatoms. The second-order valence-corrected chi connectivity index (χ2v) is 5.74. The Bertz CT molecular complexity index is 574. The molecule has 2 nitrogen and oxygen atoms in total. The zero-order valence-corrected chi connectivity index (χ0v) is 13.2. The molecule has 0 radical (unpaired) electrons. The van der Waals surface area contributed by atoms with Gasteiger partial charge in [0, 0.05) is 16.5 Å². The molecule has 0 atom stereocenters. The Balaban J connectivity index is 2.30. The van der Waals surface area contributed by atoms with Crippen molar-refractivity contribution >= 4 is 23.4 Å². The maximum Gasteiger partial charge on any atom is 0.132 e. The number of hydrogen-bond acceptors (Lipinski definition) is 3. The molecule has 106 valence electrons. The highest BCUT2D eigenvalue weighted by atomic mass is 35.5. The summed E-state index contributed by atoms with van der Waals surface area (Å²) in [6.07, 6.45) is 0. The fourth-order valence-electron chi connectivity index (χ4n) is 1.88. The Hall–Kier alpha value is -1.16. The Morgan fingerprint density at radius 1 is 1.10 bits per heavy atom. The minimum Gasteiger partial charge on any atom is -0.496 e. The van der Waals surface area contributed by atoms with Gasteiger partial charge in [0.05, 0.1) is 12.0 Å². The Kier molecular flexibility index (Phi) is 5.77. The molecule has 2 rings (SSSR count). The molecule has 0 fully saturated rings. The lowest BCUT2D eigenvalue weighted by Gasteiger charge is -2.13. The molecule has 0 bridgehead atoms. The van der Waals surface area contributed by atoms with E-state index in [1.165, 1.54) is 0 Å². The van der Waals surface area contributed by atoms with Crippen LogP contribution in [0.15, 0.2) is 52.3 Å². The first-order chi connectivity index (χ1) is 9.76. The Morgan fingerprint density at radius 3 is 2.60 bits per heavy atom. The van der Waals surface area contributed by atoms with E-state index in [-0.39, 0.29) is 0 Å². The van der Waals surface area contributed by atoms with Gasteiger partial charge in [0.2, 0.25) is 0 Å². The number of hydrogen-bond donors (Lipinski definition) is 1. The van der Waals surface area contributed by atoms with Crippen LogP contribution < -0.4 is 10.1 Å². The molecule has 0 aromatic heterocycles. The average Bonchev–Trinajstić information content (AvgIpc) is 2.47. The highest BCUT2D eigenvalue weighted by molar-refractivity contribution is 7.99. The lowest BCUT2D eigenvalue weighted by molar-refractivity contribution is 0.405. The van der Waals surface area contributed by atoms with E-state index in [2.05, 4.69) is 24.4 Å². The third-order valence-electron chi connectivity index (χ3n) is 2.92. The first-order valence-electron chi connectivity index (χ1n) is 6.55. The summed E-state index contributed by atoms with van der Waals surface area (Å²) in [6, 6.07) is 14.0. The largest absolute Gasteiger partial charge is 0.496 e. The van der Waals surface area contributed by atoms with Gasteiger partial charge in [0.1, 0.15) is 5.75 Å². The molecule has 0 aliphatic carbocycles. The molecule has 0 aliphatic rings. The van der Waals surface area contributed by atoms with Gasteiger partial charge in [-0.15, -0.1) is 0 Å². The Labute approximate surface area is 129 Å². The summed E-state index contributed by atoms with van der Waals surface area (Å²) in [5, 5.41) is 4.13. The van der Waals surface area contributed by atoms with Gasteiger partial charge in [-0.05, 0) is 36.4 Å². The number of rotatable bonds is 6. The predicted octanol–water partition coefficient (Wildman–Crippen LogP) is 4.61. The lowest BCUT2D eigenvalue weighted by atomic mass is 10.2. The average molecular weight is 308 g/mol. The van der Waals surface area contributed by atoms with Crippen LogP contribution in [0, 0.1) is 0 Å². The molecule has 0 amide bonds. The highest BCUT2D eigenvalue weighted by Gasteiger charge is 2.10. The molecule has 20 heavy (non-hydrogen) atoms. The van der Waals surface area contributed by atoms with Gasteiger partial charge in [-0.1, -0.05) is 48.5 Å². The monoisotopic (exact) mass is 307 g/mol. The van der Waals surface area contributed by atoms with E-state index < -0.39 is 0 Å². The highest BCUT2D eigenvalue weighted by Crippen LogP contribution is 2.38. The molecule has 0 unspecified atom stereocenters. The minimum absolute atomic E-state index is 0.771. The van der Waals surface area contributed by atoms with Crippen molar-refractivity contribution in [3.05, 3.63) is 53.1 Å². The second kappa shape index (κ2) is 7.58. The summed E-state index contributed by atoms with van der Waals surface area (Å²) in [5.74, 6) is 0.881. The van der Waals surface area contributed by atoms with Crippen LogP contribution in [0.4, 0.5) is 0 Å². The number of halogens is 1. The zero-order valence-electron chi connectivity index (χ0n) is 11.7. The quantitative estimate of drug-likeness (QED) is 0.842. The fourth-order valence-corrected chi connectivity index (χ4v) is 3.26. The predicted molar refractivity (Wildman–Crippen MR) is 85.9 cm³/mol. The van der Waals surface area contributed by atoms with Crippen LogP contribution in [0.3, 0.4) is 0 Å². The van der Waals surface area contributed by atoms with Gasteiger partial charge in [0.15, 0.2) is 0 Å². The van der Waals surface area contributed by atoms with E-state index in [9.17, 15) is 0 Å². The summed E-state index contributed by atoms with van der Waals surface area (Å²) >= 11 is 8.00. The summed E-state index contributed by atoms with van der Waals surface area (Å²) in [4.78, 5) is 2.25. The van der Waals surface area contributed by atoms with E-state index in [1.54, 1.807) is 18.9 Å². The van der Waals surface area contributed by atoms with Gasteiger partial charge in [-0.2, -0.15) is 0 Å². The number of benzene rings is 2. The van der Waals surface area contributed by atoms with Gasteiger partial charge >= 0.3 is 0 Å².